The lowest BCUT2D eigenvalue weighted by Gasteiger charge is -2.41. The Morgan fingerprint density at radius 3 is 2.48 bits per heavy atom. The number of esters is 1. The largest absolute Gasteiger partial charge is 0.467 e. The Morgan fingerprint density at radius 2 is 1.89 bits per heavy atom. The van der Waals surface area contributed by atoms with Crippen LogP contribution in [0.15, 0.2) is 24.3 Å². The van der Waals surface area contributed by atoms with Gasteiger partial charge < -0.3 is 14.4 Å². The topological polar surface area (TPSA) is 55.8 Å². The number of ether oxygens (including phenoxy) is 2. The van der Waals surface area contributed by atoms with Crippen LogP contribution >= 0.6 is 0 Å². The summed E-state index contributed by atoms with van der Waals surface area (Å²) in [7, 11) is 1.30. The van der Waals surface area contributed by atoms with Gasteiger partial charge in [-0.3, -0.25) is 4.79 Å². The van der Waals surface area contributed by atoms with Crippen molar-refractivity contribution in [1.82, 2.24) is 4.90 Å². The van der Waals surface area contributed by atoms with Crippen molar-refractivity contribution in [3.05, 3.63) is 35.4 Å². The van der Waals surface area contributed by atoms with Gasteiger partial charge in [0.2, 0.25) is 5.91 Å². The summed E-state index contributed by atoms with van der Waals surface area (Å²) in [5.41, 5.74) is -0.221. The molecule has 2 aliphatic rings. The van der Waals surface area contributed by atoms with Crippen molar-refractivity contribution < 1.29 is 32.2 Å². The van der Waals surface area contributed by atoms with Crippen molar-refractivity contribution in [2.24, 2.45) is 0 Å². The number of alkyl halides is 3. The van der Waals surface area contributed by atoms with Gasteiger partial charge in [-0.25, -0.2) is 4.79 Å². The molecular formula is C19H22F3NO4. The van der Waals surface area contributed by atoms with E-state index in [9.17, 15) is 22.8 Å². The van der Waals surface area contributed by atoms with E-state index < -0.39 is 23.8 Å². The van der Waals surface area contributed by atoms with Gasteiger partial charge >= 0.3 is 12.1 Å². The monoisotopic (exact) mass is 385 g/mol. The normalized spacial score (nSPS) is 28.0. The molecule has 1 aromatic carbocycles. The predicted octanol–water partition coefficient (Wildman–Crippen LogP) is 2.96. The summed E-state index contributed by atoms with van der Waals surface area (Å²) < 4.78 is 48.5. The van der Waals surface area contributed by atoms with E-state index in [1.807, 2.05) is 6.92 Å². The highest BCUT2D eigenvalue weighted by molar-refractivity contribution is 5.80. The van der Waals surface area contributed by atoms with Crippen LogP contribution in [0.5, 0.6) is 0 Å². The Morgan fingerprint density at radius 1 is 1.22 bits per heavy atom. The molecule has 1 amide bonds. The van der Waals surface area contributed by atoms with Crippen LogP contribution in [-0.4, -0.2) is 48.2 Å². The minimum absolute atomic E-state index is 0.00852. The summed E-state index contributed by atoms with van der Waals surface area (Å²) in [5.74, 6) is -0.627. The van der Waals surface area contributed by atoms with Gasteiger partial charge in [-0.2, -0.15) is 13.2 Å². The number of methoxy groups -OCH3 is 1. The quantitative estimate of drug-likeness (QED) is 0.751. The Kier molecular flexibility index (Phi) is 5.46. The van der Waals surface area contributed by atoms with Crippen molar-refractivity contribution in [2.75, 3.05) is 7.11 Å². The maximum Gasteiger partial charge on any atom is 0.416 e. The number of hydrogen-bond donors (Lipinski definition) is 0. The number of carbonyl (C=O) groups is 2. The van der Waals surface area contributed by atoms with Gasteiger partial charge in [-0.15, -0.1) is 0 Å². The number of nitrogens with zero attached hydrogens (tertiary/aromatic N) is 1. The lowest BCUT2D eigenvalue weighted by Crippen LogP contribution is -2.53. The van der Waals surface area contributed by atoms with E-state index in [0.717, 1.165) is 25.0 Å². The number of likely N-dealkylation sites (tertiary alicyclic amines) is 1. The smallest absolute Gasteiger partial charge is 0.416 e. The van der Waals surface area contributed by atoms with E-state index in [1.165, 1.54) is 19.2 Å². The lowest BCUT2D eigenvalue weighted by atomic mass is 9.92. The molecule has 2 fully saturated rings. The van der Waals surface area contributed by atoms with E-state index >= 15 is 0 Å². The number of benzene rings is 1. The molecule has 8 heteroatoms. The van der Waals surface area contributed by atoms with Gasteiger partial charge in [0, 0.05) is 12.5 Å². The fraction of sp³-hybridized carbons (Fsp3) is 0.579. The molecule has 0 aromatic heterocycles. The van der Waals surface area contributed by atoms with E-state index in [1.54, 1.807) is 4.90 Å². The average Bonchev–Trinajstić information content (AvgIpc) is 3.04. The molecule has 0 unspecified atom stereocenters. The second-order valence-electron chi connectivity index (χ2n) is 7.09. The van der Waals surface area contributed by atoms with Crippen LogP contribution in [0.25, 0.3) is 0 Å². The fourth-order valence-corrected chi connectivity index (χ4v) is 3.94. The van der Waals surface area contributed by atoms with Crippen LogP contribution in [-0.2, 0) is 31.7 Å². The first-order valence-corrected chi connectivity index (χ1v) is 8.91. The van der Waals surface area contributed by atoms with Crippen LogP contribution in [0.2, 0.25) is 0 Å². The highest BCUT2D eigenvalue weighted by atomic mass is 19.4. The van der Waals surface area contributed by atoms with E-state index in [-0.39, 0.29) is 30.5 Å². The predicted molar refractivity (Wildman–Crippen MR) is 89.8 cm³/mol. The zero-order valence-electron chi connectivity index (χ0n) is 15.2. The first-order valence-electron chi connectivity index (χ1n) is 8.91. The van der Waals surface area contributed by atoms with Crippen LogP contribution in [0, 0.1) is 0 Å². The molecule has 2 saturated heterocycles. The fourth-order valence-electron chi connectivity index (χ4n) is 3.94. The van der Waals surface area contributed by atoms with Crippen LogP contribution in [0.3, 0.4) is 0 Å². The minimum atomic E-state index is -4.40. The second kappa shape index (κ2) is 7.50. The van der Waals surface area contributed by atoms with E-state index in [4.69, 9.17) is 9.47 Å². The number of carbonyl (C=O) groups excluding carboxylic acids is 2. The standard InChI is InChI=1S/C19H22F3NO4/c1-11-3-8-15-14(10-16(27-15)18(25)26-2)23(11)17(24)9-12-4-6-13(7-5-12)19(20,21)22/h4-7,11,14-16H,3,8-10H2,1-2H3/t11-,14+,15+,16-/m0/s1. The molecular weight excluding hydrogens is 363 g/mol. The highest BCUT2D eigenvalue weighted by Gasteiger charge is 2.47. The highest BCUT2D eigenvalue weighted by Crippen LogP contribution is 2.36. The van der Waals surface area contributed by atoms with E-state index in [0.29, 0.717) is 12.0 Å². The number of fused-ring (bicyclic) bond motifs is 1. The van der Waals surface area contributed by atoms with Gasteiger partial charge in [0.1, 0.15) is 0 Å². The molecule has 27 heavy (non-hydrogen) atoms. The van der Waals surface area contributed by atoms with Crippen LogP contribution < -0.4 is 0 Å². The first-order chi connectivity index (χ1) is 12.7. The van der Waals surface area contributed by atoms with Crippen molar-refractivity contribution >= 4 is 11.9 Å². The van der Waals surface area contributed by atoms with Gasteiger partial charge in [-0.05, 0) is 37.5 Å². The Balaban J connectivity index is 1.72. The molecule has 0 N–H and O–H groups in total. The summed E-state index contributed by atoms with van der Waals surface area (Å²) in [5, 5.41) is 0. The molecule has 3 rings (SSSR count). The number of amides is 1. The molecule has 5 nitrogen and oxygen atoms in total. The molecule has 0 bridgehead atoms. The van der Waals surface area contributed by atoms with Crippen molar-refractivity contribution in [3.8, 4) is 0 Å². The van der Waals surface area contributed by atoms with Gasteiger partial charge in [0.05, 0.1) is 31.2 Å². The summed E-state index contributed by atoms with van der Waals surface area (Å²) in [6, 6.07) is 4.38. The minimum Gasteiger partial charge on any atom is -0.467 e. The van der Waals surface area contributed by atoms with Crippen molar-refractivity contribution in [1.29, 1.82) is 0 Å². The second-order valence-corrected chi connectivity index (χ2v) is 7.09. The first kappa shape index (κ1) is 19.7. The van der Waals surface area contributed by atoms with Crippen molar-refractivity contribution in [3.63, 3.8) is 0 Å². The Labute approximate surface area is 155 Å². The van der Waals surface area contributed by atoms with Crippen molar-refractivity contribution in [2.45, 2.75) is 63.1 Å². The molecule has 0 radical (unpaired) electrons. The molecule has 0 aliphatic carbocycles. The molecule has 1 aromatic rings. The number of rotatable bonds is 3. The molecule has 2 heterocycles. The van der Waals surface area contributed by atoms with Crippen LogP contribution in [0.1, 0.15) is 37.3 Å². The van der Waals surface area contributed by atoms with Gasteiger partial charge in [-0.1, -0.05) is 12.1 Å². The number of piperidine rings is 1. The van der Waals surface area contributed by atoms with E-state index in [2.05, 4.69) is 0 Å². The number of hydrogen-bond acceptors (Lipinski definition) is 4. The molecule has 0 saturated carbocycles. The lowest BCUT2D eigenvalue weighted by molar-refractivity contribution is -0.154. The zero-order valence-corrected chi connectivity index (χ0v) is 15.2. The summed E-state index contributed by atoms with van der Waals surface area (Å²) in [6.45, 7) is 1.94. The van der Waals surface area contributed by atoms with Crippen LogP contribution in [0.4, 0.5) is 13.2 Å². The third kappa shape index (κ3) is 4.10. The van der Waals surface area contributed by atoms with Gasteiger partial charge in [0.25, 0.3) is 0 Å². The summed E-state index contributed by atoms with van der Waals surface area (Å²) in [4.78, 5) is 26.4. The Hall–Kier alpha value is -2.09. The maximum absolute atomic E-state index is 12.9. The maximum atomic E-state index is 12.9. The Bertz CT molecular complexity index is 704. The molecule has 148 valence electrons. The average molecular weight is 385 g/mol. The third-order valence-electron chi connectivity index (χ3n) is 5.31. The third-order valence-corrected chi connectivity index (χ3v) is 5.31. The summed E-state index contributed by atoms with van der Waals surface area (Å²) in [6.07, 6.45) is -3.42. The SMILES string of the molecule is COC(=O)[C@@H]1C[C@@H]2[C@@H](CC[C@H](C)N2C(=O)Cc2ccc(C(F)(F)F)cc2)O1. The zero-order chi connectivity index (χ0) is 19.8. The molecule has 2 aliphatic heterocycles. The van der Waals surface area contributed by atoms with Gasteiger partial charge in [0.15, 0.2) is 6.10 Å². The molecule has 4 atom stereocenters. The summed E-state index contributed by atoms with van der Waals surface area (Å²) >= 11 is 0. The molecule has 0 spiro atoms. The number of halogens is 3.